The first-order valence-corrected chi connectivity index (χ1v) is 6.23. The van der Waals surface area contributed by atoms with Gasteiger partial charge < -0.3 is 14.6 Å². The molecule has 0 heterocycles. The standard InChI is InChI=1S/C16H14O5/c1-20-13-7-12(16(18)19)8-14(9-13)21-10-15(17)11-5-3-2-4-6-11/h2-9H,10H2,1H3,(H,18,19). The number of carboxylic acid groups (broad SMARTS) is 1. The summed E-state index contributed by atoms with van der Waals surface area (Å²) in [6, 6.07) is 13.0. The summed E-state index contributed by atoms with van der Waals surface area (Å²) in [5.74, 6) is -0.642. The monoisotopic (exact) mass is 286 g/mol. The molecular weight excluding hydrogens is 272 g/mol. The topological polar surface area (TPSA) is 72.8 Å². The number of ketones is 1. The number of carbonyl (C=O) groups excluding carboxylic acids is 1. The Labute approximate surface area is 121 Å². The number of aromatic carboxylic acids is 1. The van der Waals surface area contributed by atoms with Crippen molar-refractivity contribution < 1.29 is 24.2 Å². The van der Waals surface area contributed by atoms with Crippen molar-refractivity contribution in [2.24, 2.45) is 0 Å². The second kappa shape index (κ2) is 6.56. The molecule has 0 unspecified atom stereocenters. The van der Waals surface area contributed by atoms with E-state index < -0.39 is 5.97 Å². The van der Waals surface area contributed by atoms with Crippen LogP contribution in [0.5, 0.6) is 11.5 Å². The van der Waals surface area contributed by atoms with E-state index in [2.05, 4.69) is 0 Å². The predicted molar refractivity (Wildman–Crippen MR) is 76.2 cm³/mol. The SMILES string of the molecule is COc1cc(OCC(=O)c2ccccc2)cc(C(=O)O)c1. The van der Waals surface area contributed by atoms with Crippen LogP contribution in [-0.2, 0) is 0 Å². The van der Waals surface area contributed by atoms with Crippen molar-refractivity contribution in [1.29, 1.82) is 0 Å². The molecule has 5 nitrogen and oxygen atoms in total. The Balaban J connectivity index is 2.11. The normalized spacial score (nSPS) is 9.95. The van der Waals surface area contributed by atoms with Gasteiger partial charge in [-0.2, -0.15) is 0 Å². The maximum atomic E-state index is 11.9. The smallest absolute Gasteiger partial charge is 0.335 e. The quantitative estimate of drug-likeness (QED) is 0.826. The lowest BCUT2D eigenvalue weighted by molar-refractivity contribution is 0.0696. The molecule has 1 N–H and O–H groups in total. The van der Waals surface area contributed by atoms with Crippen LogP contribution in [0.4, 0.5) is 0 Å². The Morgan fingerprint density at radius 1 is 1.00 bits per heavy atom. The van der Waals surface area contributed by atoms with Gasteiger partial charge in [0.25, 0.3) is 0 Å². The molecule has 21 heavy (non-hydrogen) atoms. The van der Waals surface area contributed by atoms with Crippen LogP contribution in [0.15, 0.2) is 48.5 Å². The van der Waals surface area contributed by atoms with Crippen LogP contribution in [0.25, 0.3) is 0 Å². The summed E-state index contributed by atoms with van der Waals surface area (Å²) < 4.78 is 10.4. The van der Waals surface area contributed by atoms with Crippen LogP contribution in [0.1, 0.15) is 20.7 Å². The summed E-state index contributed by atoms with van der Waals surface area (Å²) >= 11 is 0. The molecule has 0 bridgehead atoms. The molecular formula is C16H14O5. The molecule has 2 aromatic rings. The molecule has 0 atom stereocenters. The average molecular weight is 286 g/mol. The number of hydrogen-bond acceptors (Lipinski definition) is 4. The maximum Gasteiger partial charge on any atom is 0.335 e. The molecule has 0 radical (unpaired) electrons. The van der Waals surface area contributed by atoms with E-state index >= 15 is 0 Å². The van der Waals surface area contributed by atoms with E-state index in [1.165, 1.54) is 25.3 Å². The lowest BCUT2D eigenvalue weighted by Crippen LogP contribution is -2.11. The van der Waals surface area contributed by atoms with Crippen molar-refractivity contribution >= 4 is 11.8 Å². The number of carbonyl (C=O) groups is 2. The average Bonchev–Trinajstić information content (AvgIpc) is 2.53. The lowest BCUT2D eigenvalue weighted by atomic mass is 10.1. The van der Waals surface area contributed by atoms with Gasteiger partial charge in [0, 0.05) is 11.6 Å². The van der Waals surface area contributed by atoms with E-state index in [0.29, 0.717) is 11.3 Å². The van der Waals surface area contributed by atoms with Crippen molar-refractivity contribution in [1.82, 2.24) is 0 Å². The van der Waals surface area contributed by atoms with Gasteiger partial charge in [0.1, 0.15) is 11.5 Å². The molecule has 0 fully saturated rings. The highest BCUT2D eigenvalue weighted by molar-refractivity contribution is 5.97. The molecule has 0 saturated carbocycles. The van der Waals surface area contributed by atoms with E-state index in [4.69, 9.17) is 14.6 Å². The molecule has 0 amide bonds. The highest BCUT2D eigenvalue weighted by Crippen LogP contribution is 2.23. The van der Waals surface area contributed by atoms with E-state index in [1.807, 2.05) is 6.07 Å². The zero-order valence-electron chi connectivity index (χ0n) is 11.4. The first kappa shape index (κ1) is 14.6. The van der Waals surface area contributed by atoms with E-state index in [9.17, 15) is 9.59 Å². The van der Waals surface area contributed by atoms with Gasteiger partial charge in [-0.05, 0) is 12.1 Å². The highest BCUT2D eigenvalue weighted by atomic mass is 16.5. The molecule has 0 aliphatic carbocycles. The number of carboxylic acids is 1. The fraction of sp³-hybridized carbons (Fsp3) is 0.125. The molecule has 108 valence electrons. The van der Waals surface area contributed by atoms with Crippen LogP contribution in [-0.4, -0.2) is 30.6 Å². The molecule has 5 heteroatoms. The Morgan fingerprint density at radius 2 is 1.67 bits per heavy atom. The number of hydrogen-bond donors (Lipinski definition) is 1. The summed E-state index contributed by atoms with van der Waals surface area (Å²) in [6.07, 6.45) is 0. The summed E-state index contributed by atoms with van der Waals surface area (Å²) in [7, 11) is 1.43. The maximum absolute atomic E-state index is 11.9. The number of methoxy groups -OCH3 is 1. The first-order chi connectivity index (χ1) is 10.1. The largest absolute Gasteiger partial charge is 0.497 e. The zero-order chi connectivity index (χ0) is 15.2. The zero-order valence-corrected chi connectivity index (χ0v) is 11.4. The van der Waals surface area contributed by atoms with Crippen LogP contribution < -0.4 is 9.47 Å². The fourth-order valence-corrected chi connectivity index (χ4v) is 1.75. The summed E-state index contributed by atoms with van der Waals surface area (Å²) in [6.45, 7) is -0.170. The van der Waals surface area contributed by atoms with Crippen LogP contribution in [0, 0.1) is 0 Å². The second-order valence-electron chi connectivity index (χ2n) is 4.28. The minimum absolute atomic E-state index is 0.0384. The van der Waals surface area contributed by atoms with Gasteiger partial charge in [0.05, 0.1) is 12.7 Å². The third-order valence-corrected chi connectivity index (χ3v) is 2.83. The molecule has 0 aromatic heterocycles. The molecule has 2 rings (SSSR count). The van der Waals surface area contributed by atoms with Crippen molar-refractivity contribution in [3.63, 3.8) is 0 Å². The summed E-state index contributed by atoms with van der Waals surface area (Å²) in [4.78, 5) is 22.9. The third-order valence-electron chi connectivity index (χ3n) is 2.83. The van der Waals surface area contributed by atoms with Crippen LogP contribution >= 0.6 is 0 Å². The fourth-order valence-electron chi connectivity index (χ4n) is 1.75. The Morgan fingerprint density at radius 3 is 2.29 bits per heavy atom. The van der Waals surface area contributed by atoms with Gasteiger partial charge in [-0.15, -0.1) is 0 Å². The van der Waals surface area contributed by atoms with E-state index in [0.717, 1.165) is 0 Å². The number of ether oxygens (including phenoxy) is 2. The molecule has 0 saturated heterocycles. The van der Waals surface area contributed by atoms with Gasteiger partial charge in [0.15, 0.2) is 12.4 Å². The Hall–Kier alpha value is -2.82. The van der Waals surface area contributed by atoms with Crippen molar-refractivity contribution in [2.75, 3.05) is 13.7 Å². The van der Waals surface area contributed by atoms with E-state index in [1.54, 1.807) is 24.3 Å². The molecule has 0 aliphatic heterocycles. The van der Waals surface area contributed by atoms with Crippen molar-refractivity contribution in [3.05, 3.63) is 59.7 Å². The van der Waals surface area contributed by atoms with Gasteiger partial charge in [0.2, 0.25) is 0 Å². The number of Topliss-reactive ketones (excluding diaryl/α,β-unsaturated/α-hetero) is 1. The Kier molecular flexibility index (Phi) is 4.56. The number of benzene rings is 2. The minimum Gasteiger partial charge on any atom is -0.497 e. The van der Waals surface area contributed by atoms with Gasteiger partial charge in [-0.25, -0.2) is 4.79 Å². The van der Waals surface area contributed by atoms with Crippen molar-refractivity contribution in [2.45, 2.75) is 0 Å². The summed E-state index contributed by atoms with van der Waals surface area (Å²) in [5.41, 5.74) is 0.579. The minimum atomic E-state index is -1.09. The predicted octanol–water partition coefficient (Wildman–Crippen LogP) is 2.66. The lowest BCUT2D eigenvalue weighted by Gasteiger charge is -2.09. The van der Waals surface area contributed by atoms with Crippen molar-refractivity contribution in [3.8, 4) is 11.5 Å². The van der Waals surface area contributed by atoms with Crippen LogP contribution in [0.2, 0.25) is 0 Å². The van der Waals surface area contributed by atoms with Gasteiger partial charge in [-0.1, -0.05) is 30.3 Å². The van der Waals surface area contributed by atoms with E-state index in [-0.39, 0.29) is 23.7 Å². The van der Waals surface area contributed by atoms with Gasteiger partial charge in [-0.3, -0.25) is 4.79 Å². The van der Waals surface area contributed by atoms with Gasteiger partial charge >= 0.3 is 5.97 Å². The summed E-state index contributed by atoms with van der Waals surface area (Å²) in [5, 5.41) is 9.01. The highest BCUT2D eigenvalue weighted by Gasteiger charge is 2.10. The van der Waals surface area contributed by atoms with Crippen LogP contribution in [0.3, 0.4) is 0 Å². The second-order valence-corrected chi connectivity index (χ2v) is 4.28. The molecule has 2 aromatic carbocycles. The first-order valence-electron chi connectivity index (χ1n) is 6.23. The molecule has 0 spiro atoms. The Bertz CT molecular complexity index is 649. The third kappa shape index (κ3) is 3.82. The number of rotatable bonds is 6. The molecule has 0 aliphatic rings.